The summed E-state index contributed by atoms with van der Waals surface area (Å²) in [4.78, 5) is 26.9. The van der Waals surface area contributed by atoms with Crippen molar-refractivity contribution in [1.29, 1.82) is 0 Å². The van der Waals surface area contributed by atoms with E-state index in [1.54, 1.807) is 4.90 Å². The first-order valence-corrected chi connectivity index (χ1v) is 11.7. The summed E-state index contributed by atoms with van der Waals surface area (Å²) in [6.45, 7) is 4.78. The molecule has 33 heavy (non-hydrogen) atoms. The second-order valence-electron chi connectivity index (χ2n) is 9.24. The number of benzene rings is 1. The summed E-state index contributed by atoms with van der Waals surface area (Å²) in [5.74, 6) is -0.628. The highest BCUT2D eigenvalue weighted by Crippen LogP contribution is 2.35. The molecule has 1 N–H and O–H groups in total. The lowest BCUT2D eigenvalue weighted by atomic mass is 9.84. The number of Topliss-reactive ketones (excluding diaryl/α,β-unsaturated/α-hetero) is 1. The van der Waals surface area contributed by atoms with Crippen LogP contribution in [0.1, 0.15) is 57.4 Å². The van der Waals surface area contributed by atoms with Crippen LogP contribution in [0.4, 0.5) is 23.2 Å². The SMILES string of the molecule is CC(=O)CCC(=O)NC1CCC(CCN2CCN(c3cccc(C(F)(F)F)c3F)CC2)CC1. The van der Waals surface area contributed by atoms with E-state index >= 15 is 0 Å². The summed E-state index contributed by atoms with van der Waals surface area (Å²) in [5.41, 5.74) is -1.19. The van der Waals surface area contributed by atoms with Crippen molar-refractivity contribution in [3.63, 3.8) is 0 Å². The van der Waals surface area contributed by atoms with Crippen LogP contribution in [0, 0.1) is 11.7 Å². The lowest BCUT2D eigenvalue weighted by molar-refractivity contribution is -0.140. The lowest BCUT2D eigenvalue weighted by Crippen LogP contribution is -2.47. The van der Waals surface area contributed by atoms with Crippen molar-refractivity contribution in [2.24, 2.45) is 5.92 Å². The van der Waals surface area contributed by atoms with E-state index in [9.17, 15) is 27.2 Å². The van der Waals surface area contributed by atoms with Crippen LogP contribution in [0.15, 0.2) is 18.2 Å². The summed E-state index contributed by atoms with van der Waals surface area (Å²) in [6, 6.07) is 3.64. The van der Waals surface area contributed by atoms with Gasteiger partial charge in [-0.15, -0.1) is 0 Å². The standard InChI is InChI=1S/C24H33F4N3O2/c1-17(32)5-10-22(33)29-19-8-6-18(7-9-19)11-12-30-13-15-31(16-14-30)21-4-2-3-20(23(21)25)24(26,27)28/h2-4,18-19H,5-16H2,1H3,(H,29,33). The molecule has 2 aliphatic rings. The maximum Gasteiger partial charge on any atom is 0.419 e. The zero-order valence-corrected chi connectivity index (χ0v) is 19.1. The van der Waals surface area contributed by atoms with Gasteiger partial charge in [0.1, 0.15) is 5.78 Å². The largest absolute Gasteiger partial charge is 0.419 e. The fourth-order valence-electron chi connectivity index (χ4n) is 4.75. The molecular weight excluding hydrogens is 438 g/mol. The van der Waals surface area contributed by atoms with Crippen LogP contribution in [0.25, 0.3) is 0 Å². The third-order valence-electron chi connectivity index (χ3n) is 6.77. The van der Waals surface area contributed by atoms with E-state index < -0.39 is 17.6 Å². The number of anilines is 1. The van der Waals surface area contributed by atoms with Gasteiger partial charge in [0.25, 0.3) is 0 Å². The zero-order chi connectivity index (χ0) is 24.0. The second-order valence-corrected chi connectivity index (χ2v) is 9.24. The van der Waals surface area contributed by atoms with Crippen molar-refractivity contribution < 1.29 is 27.2 Å². The van der Waals surface area contributed by atoms with Crippen LogP contribution in [-0.4, -0.2) is 55.4 Å². The Labute approximate surface area is 192 Å². The number of hydrogen-bond donors (Lipinski definition) is 1. The van der Waals surface area contributed by atoms with Gasteiger partial charge in [0, 0.05) is 45.1 Å². The van der Waals surface area contributed by atoms with Gasteiger partial charge < -0.3 is 15.0 Å². The van der Waals surface area contributed by atoms with Crippen LogP contribution in [0.2, 0.25) is 0 Å². The van der Waals surface area contributed by atoms with Crippen LogP contribution in [0.3, 0.4) is 0 Å². The minimum absolute atomic E-state index is 0.0214. The highest BCUT2D eigenvalue weighted by molar-refractivity contribution is 5.83. The molecule has 2 fully saturated rings. The molecule has 1 aliphatic heterocycles. The molecule has 1 aromatic rings. The number of nitrogens with zero attached hydrogens (tertiary/aromatic N) is 2. The summed E-state index contributed by atoms with van der Waals surface area (Å²) < 4.78 is 53.4. The molecule has 0 spiro atoms. The molecule has 9 heteroatoms. The average Bonchev–Trinajstić information content (AvgIpc) is 2.77. The fourth-order valence-corrected chi connectivity index (χ4v) is 4.75. The first-order valence-electron chi connectivity index (χ1n) is 11.7. The first-order chi connectivity index (χ1) is 15.6. The Kier molecular flexibility index (Phi) is 8.73. The predicted octanol–water partition coefficient (Wildman–Crippen LogP) is 4.40. The minimum Gasteiger partial charge on any atom is -0.367 e. The zero-order valence-electron chi connectivity index (χ0n) is 19.1. The van der Waals surface area contributed by atoms with E-state index in [1.165, 1.54) is 19.1 Å². The van der Waals surface area contributed by atoms with E-state index in [-0.39, 0.29) is 36.3 Å². The van der Waals surface area contributed by atoms with E-state index in [4.69, 9.17) is 0 Å². The Balaban J connectivity index is 1.37. The molecule has 0 atom stereocenters. The van der Waals surface area contributed by atoms with Crippen LogP contribution >= 0.6 is 0 Å². The molecule has 0 radical (unpaired) electrons. The number of carbonyl (C=O) groups excluding carboxylic acids is 2. The number of piperazine rings is 1. The van der Waals surface area contributed by atoms with Crippen molar-refractivity contribution >= 4 is 17.4 Å². The molecule has 1 aromatic carbocycles. The minimum atomic E-state index is -4.70. The maximum atomic E-state index is 14.4. The summed E-state index contributed by atoms with van der Waals surface area (Å²) in [6.07, 6.45) is 0.875. The van der Waals surface area contributed by atoms with Crippen LogP contribution < -0.4 is 10.2 Å². The molecule has 0 aromatic heterocycles. The highest BCUT2D eigenvalue weighted by Gasteiger charge is 2.36. The Hall–Kier alpha value is -2.16. The highest BCUT2D eigenvalue weighted by atomic mass is 19.4. The molecular formula is C24H33F4N3O2. The van der Waals surface area contributed by atoms with E-state index in [0.29, 0.717) is 32.1 Å². The molecule has 5 nitrogen and oxygen atoms in total. The Morgan fingerprint density at radius 1 is 1.03 bits per heavy atom. The van der Waals surface area contributed by atoms with Gasteiger partial charge >= 0.3 is 6.18 Å². The monoisotopic (exact) mass is 471 g/mol. The van der Waals surface area contributed by atoms with Gasteiger partial charge in [-0.05, 0) is 63.6 Å². The molecule has 0 unspecified atom stereocenters. The first kappa shape index (κ1) is 25.5. The number of alkyl halides is 3. The van der Waals surface area contributed by atoms with Crippen molar-refractivity contribution in [3.8, 4) is 0 Å². The Morgan fingerprint density at radius 3 is 2.30 bits per heavy atom. The number of carbonyl (C=O) groups is 2. The average molecular weight is 472 g/mol. The van der Waals surface area contributed by atoms with Gasteiger partial charge in [-0.25, -0.2) is 4.39 Å². The number of nitrogens with one attached hydrogen (secondary N) is 1. The molecule has 3 rings (SSSR count). The Bertz CT molecular complexity index is 814. The summed E-state index contributed by atoms with van der Waals surface area (Å²) in [7, 11) is 0. The van der Waals surface area contributed by atoms with Crippen molar-refractivity contribution in [3.05, 3.63) is 29.6 Å². The van der Waals surface area contributed by atoms with Gasteiger partial charge in [-0.2, -0.15) is 13.2 Å². The topological polar surface area (TPSA) is 52.7 Å². The number of ketones is 1. The molecule has 1 amide bonds. The number of amides is 1. The molecule has 1 aliphatic carbocycles. The van der Waals surface area contributed by atoms with E-state index in [0.717, 1.165) is 44.7 Å². The molecule has 1 saturated carbocycles. The molecule has 0 bridgehead atoms. The van der Waals surface area contributed by atoms with Gasteiger partial charge in [0.15, 0.2) is 5.82 Å². The fraction of sp³-hybridized carbons (Fsp3) is 0.667. The number of rotatable bonds is 8. The molecule has 1 heterocycles. The van der Waals surface area contributed by atoms with Crippen LogP contribution in [-0.2, 0) is 15.8 Å². The predicted molar refractivity (Wildman–Crippen MR) is 118 cm³/mol. The van der Waals surface area contributed by atoms with Gasteiger partial charge in [-0.1, -0.05) is 6.07 Å². The van der Waals surface area contributed by atoms with Crippen molar-refractivity contribution in [1.82, 2.24) is 10.2 Å². The van der Waals surface area contributed by atoms with Gasteiger partial charge in [-0.3, -0.25) is 9.69 Å². The van der Waals surface area contributed by atoms with E-state index in [2.05, 4.69) is 10.2 Å². The second kappa shape index (κ2) is 11.3. The van der Waals surface area contributed by atoms with Crippen molar-refractivity contribution in [2.45, 2.75) is 64.1 Å². The van der Waals surface area contributed by atoms with Gasteiger partial charge in [0.05, 0.1) is 11.3 Å². The maximum absolute atomic E-state index is 14.4. The third kappa shape index (κ3) is 7.42. The normalized spacial score (nSPS) is 22.3. The van der Waals surface area contributed by atoms with E-state index in [1.807, 2.05) is 0 Å². The molecule has 184 valence electrons. The molecule has 1 saturated heterocycles. The summed E-state index contributed by atoms with van der Waals surface area (Å²) >= 11 is 0. The van der Waals surface area contributed by atoms with Gasteiger partial charge in [0.2, 0.25) is 5.91 Å². The summed E-state index contributed by atoms with van der Waals surface area (Å²) in [5, 5.41) is 3.03. The Morgan fingerprint density at radius 2 is 1.70 bits per heavy atom. The van der Waals surface area contributed by atoms with Crippen LogP contribution in [0.5, 0.6) is 0 Å². The quantitative estimate of drug-likeness (QED) is 0.571. The number of hydrogen-bond acceptors (Lipinski definition) is 4. The third-order valence-corrected chi connectivity index (χ3v) is 6.77. The smallest absolute Gasteiger partial charge is 0.367 e. The lowest BCUT2D eigenvalue weighted by Gasteiger charge is -2.37. The number of halogens is 4. The van der Waals surface area contributed by atoms with Crippen molar-refractivity contribution in [2.75, 3.05) is 37.6 Å².